The van der Waals surface area contributed by atoms with E-state index in [1.54, 1.807) is 6.92 Å². The number of nitrogens with two attached hydrogens (primary N) is 2. The van der Waals surface area contributed by atoms with Crippen LogP contribution < -0.4 is 20.9 Å². The smallest absolute Gasteiger partial charge is 0.406 e. The van der Waals surface area contributed by atoms with Crippen molar-refractivity contribution in [3.63, 3.8) is 0 Å². The Kier molecular flexibility index (Phi) is 4.32. The number of nitrogens with zero attached hydrogens (tertiary/aromatic N) is 2. The average Bonchev–Trinajstić information content (AvgIpc) is 2.82. The first-order valence-electron chi connectivity index (χ1n) is 7.04. The molecular formula is C15H11F3N4O3S. The predicted octanol–water partition coefficient (Wildman–Crippen LogP) is 3.61. The number of fused-ring (bicyclic) bond motifs is 1. The Morgan fingerprint density at radius 2 is 1.85 bits per heavy atom. The Morgan fingerprint density at radius 3 is 2.42 bits per heavy atom. The van der Waals surface area contributed by atoms with Crippen molar-refractivity contribution < 1.29 is 27.4 Å². The van der Waals surface area contributed by atoms with Crippen molar-refractivity contribution in [1.82, 2.24) is 9.97 Å². The lowest BCUT2D eigenvalue weighted by Crippen LogP contribution is -2.16. The Morgan fingerprint density at radius 1 is 1.19 bits per heavy atom. The summed E-state index contributed by atoms with van der Waals surface area (Å²) in [5.74, 6) is -0.0722. The van der Waals surface area contributed by atoms with Crippen molar-refractivity contribution in [2.45, 2.75) is 13.3 Å². The van der Waals surface area contributed by atoms with Crippen LogP contribution in [-0.2, 0) is 0 Å². The third kappa shape index (κ3) is 3.61. The van der Waals surface area contributed by atoms with Crippen molar-refractivity contribution >= 4 is 33.3 Å². The highest BCUT2D eigenvalue weighted by molar-refractivity contribution is 7.21. The second-order valence-corrected chi connectivity index (χ2v) is 6.07. The highest BCUT2D eigenvalue weighted by Crippen LogP contribution is 2.41. The minimum Gasteiger partial charge on any atom is -0.406 e. The van der Waals surface area contributed by atoms with Crippen molar-refractivity contribution in [2.75, 3.05) is 5.73 Å². The van der Waals surface area contributed by atoms with Gasteiger partial charge in [-0.1, -0.05) is 11.3 Å². The van der Waals surface area contributed by atoms with Crippen LogP contribution in [0.5, 0.6) is 10.8 Å². The van der Waals surface area contributed by atoms with Gasteiger partial charge in [-0.15, -0.1) is 13.2 Å². The average molecular weight is 384 g/mol. The molecule has 0 radical (unpaired) electrons. The summed E-state index contributed by atoms with van der Waals surface area (Å²) in [6.07, 6.45) is -5.77. The van der Waals surface area contributed by atoms with E-state index in [-0.39, 0.29) is 22.3 Å². The lowest BCUT2D eigenvalue weighted by atomic mass is 10.2. The Labute approximate surface area is 148 Å². The number of aromatic nitrogens is 2. The number of nitrogen functional groups attached to an aromatic ring is 1. The lowest BCUT2D eigenvalue weighted by molar-refractivity contribution is -0.274. The molecular weight excluding hydrogens is 373 g/mol. The summed E-state index contributed by atoms with van der Waals surface area (Å²) >= 11 is 1.01. The molecule has 3 aromatic rings. The van der Waals surface area contributed by atoms with Gasteiger partial charge in [-0.2, -0.15) is 0 Å². The van der Waals surface area contributed by atoms with E-state index in [4.69, 9.17) is 16.2 Å². The third-order valence-corrected chi connectivity index (χ3v) is 4.25. The van der Waals surface area contributed by atoms with E-state index >= 15 is 0 Å². The lowest BCUT2D eigenvalue weighted by Gasteiger charge is -2.09. The van der Waals surface area contributed by atoms with Crippen molar-refractivity contribution in [1.29, 1.82) is 0 Å². The maximum atomic E-state index is 12.2. The van der Waals surface area contributed by atoms with Gasteiger partial charge in [-0.25, -0.2) is 14.8 Å². The molecule has 0 saturated carbocycles. The molecule has 11 heteroatoms. The molecule has 3 rings (SSSR count). The number of rotatable bonds is 3. The van der Waals surface area contributed by atoms with Crippen LogP contribution in [0.25, 0.3) is 21.6 Å². The predicted molar refractivity (Wildman–Crippen MR) is 88.9 cm³/mol. The van der Waals surface area contributed by atoms with E-state index in [9.17, 15) is 18.0 Å². The number of amides is 1. The summed E-state index contributed by atoms with van der Waals surface area (Å²) in [4.78, 5) is 20.0. The second kappa shape index (κ2) is 6.33. The first-order chi connectivity index (χ1) is 12.1. The van der Waals surface area contributed by atoms with Gasteiger partial charge in [0.05, 0.1) is 16.8 Å². The van der Waals surface area contributed by atoms with E-state index < -0.39 is 12.5 Å². The molecule has 0 unspecified atom stereocenters. The molecule has 1 aromatic carbocycles. The number of halogens is 3. The van der Waals surface area contributed by atoms with Gasteiger partial charge in [0.25, 0.3) is 0 Å². The standard InChI is InChI=1S/C15H11F3N4O3S/c1-6-9-10(19)13(24-14(20)23)26-12(9)22-11(21-6)7-2-4-8(5-3-7)25-15(16,17)18/h2-5H,19H2,1H3,(H2,20,23). The fourth-order valence-corrected chi connectivity index (χ4v) is 3.28. The number of hydrogen-bond donors (Lipinski definition) is 2. The second-order valence-electron chi connectivity index (χ2n) is 5.11. The van der Waals surface area contributed by atoms with Gasteiger partial charge in [-0.3, -0.25) is 0 Å². The number of aryl methyl sites for hydroxylation is 1. The quantitative estimate of drug-likeness (QED) is 0.713. The van der Waals surface area contributed by atoms with Crippen LogP contribution in [0, 0.1) is 6.92 Å². The fraction of sp³-hybridized carbons (Fsp3) is 0.133. The molecule has 0 atom stereocenters. The number of anilines is 1. The van der Waals surface area contributed by atoms with Crippen LogP contribution in [0.1, 0.15) is 5.69 Å². The van der Waals surface area contributed by atoms with Gasteiger partial charge < -0.3 is 20.9 Å². The SMILES string of the molecule is Cc1nc(-c2ccc(OC(F)(F)F)cc2)nc2sc(OC(N)=O)c(N)c12. The van der Waals surface area contributed by atoms with Crippen molar-refractivity contribution in [2.24, 2.45) is 5.73 Å². The van der Waals surface area contributed by atoms with Crippen LogP contribution in [-0.4, -0.2) is 22.4 Å². The molecule has 0 aliphatic rings. The molecule has 0 saturated heterocycles. The number of primary amides is 1. The number of hydrogen-bond acceptors (Lipinski definition) is 7. The monoisotopic (exact) mass is 384 g/mol. The van der Waals surface area contributed by atoms with Crippen molar-refractivity contribution in [3.05, 3.63) is 30.0 Å². The largest absolute Gasteiger partial charge is 0.573 e. The van der Waals surface area contributed by atoms with Gasteiger partial charge in [0.1, 0.15) is 10.6 Å². The summed E-state index contributed by atoms with van der Waals surface area (Å²) in [5.41, 5.74) is 12.1. The van der Waals surface area contributed by atoms with Gasteiger partial charge in [0, 0.05) is 5.56 Å². The van der Waals surface area contributed by atoms with E-state index in [1.807, 2.05) is 0 Å². The van der Waals surface area contributed by atoms with E-state index in [0.717, 1.165) is 23.5 Å². The zero-order valence-electron chi connectivity index (χ0n) is 13.1. The van der Waals surface area contributed by atoms with Crippen LogP contribution in [0.3, 0.4) is 0 Å². The zero-order valence-corrected chi connectivity index (χ0v) is 13.9. The normalized spacial score (nSPS) is 11.5. The highest BCUT2D eigenvalue weighted by Gasteiger charge is 2.31. The molecule has 4 N–H and O–H groups in total. The number of thiophene rings is 1. The molecule has 0 aliphatic carbocycles. The molecule has 1 amide bonds. The highest BCUT2D eigenvalue weighted by atomic mass is 32.1. The van der Waals surface area contributed by atoms with E-state index in [2.05, 4.69) is 14.7 Å². The molecule has 2 heterocycles. The van der Waals surface area contributed by atoms with Crippen molar-refractivity contribution in [3.8, 4) is 22.2 Å². The number of benzene rings is 1. The first-order valence-corrected chi connectivity index (χ1v) is 7.86. The summed E-state index contributed by atoms with van der Waals surface area (Å²) < 4.78 is 45.3. The summed E-state index contributed by atoms with van der Waals surface area (Å²) in [6.45, 7) is 1.69. The van der Waals surface area contributed by atoms with Crippen LogP contribution >= 0.6 is 11.3 Å². The fourth-order valence-electron chi connectivity index (χ4n) is 2.28. The maximum Gasteiger partial charge on any atom is 0.573 e. The Balaban J connectivity index is 1.99. The van der Waals surface area contributed by atoms with Gasteiger partial charge in [-0.05, 0) is 31.2 Å². The van der Waals surface area contributed by atoms with Crippen LogP contribution in [0.2, 0.25) is 0 Å². The van der Waals surface area contributed by atoms with Crippen LogP contribution in [0.15, 0.2) is 24.3 Å². The number of carbonyl (C=O) groups is 1. The van der Waals surface area contributed by atoms with Gasteiger partial charge >= 0.3 is 12.5 Å². The maximum absolute atomic E-state index is 12.2. The first kappa shape index (κ1) is 17.7. The molecule has 0 spiro atoms. The third-order valence-electron chi connectivity index (χ3n) is 3.27. The number of alkyl halides is 3. The molecule has 0 bridgehead atoms. The van der Waals surface area contributed by atoms with E-state index in [0.29, 0.717) is 21.5 Å². The molecule has 0 fully saturated rings. The van der Waals surface area contributed by atoms with E-state index in [1.165, 1.54) is 12.1 Å². The Hall–Kier alpha value is -3.08. The summed E-state index contributed by atoms with van der Waals surface area (Å²) in [5, 5.41) is 0.628. The minimum atomic E-state index is -4.77. The Bertz CT molecular complexity index is 986. The summed E-state index contributed by atoms with van der Waals surface area (Å²) in [7, 11) is 0. The molecule has 136 valence electrons. The van der Waals surface area contributed by atoms with Crippen LogP contribution in [0.4, 0.5) is 23.7 Å². The number of ether oxygens (including phenoxy) is 2. The van der Waals surface area contributed by atoms with Gasteiger partial charge in [0.15, 0.2) is 5.82 Å². The van der Waals surface area contributed by atoms with Gasteiger partial charge in [0.2, 0.25) is 5.06 Å². The topological polar surface area (TPSA) is 113 Å². The minimum absolute atomic E-state index is 0.107. The molecule has 7 nitrogen and oxygen atoms in total. The number of carbonyl (C=O) groups excluding carboxylic acids is 1. The summed E-state index contributed by atoms with van der Waals surface area (Å²) in [6, 6.07) is 5.13. The zero-order chi connectivity index (χ0) is 19.1. The molecule has 0 aliphatic heterocycles. The molecule has 26 heavy (non-hydrogen) atoms. The molecule has 2 aromatic heterocycles.